The lowest BCUT2D eigenvalue weighted by atomic mass is 10.1. The Labute approximate surface area is 99.0 Å². The van der Waals surface area contributed by atoms with E-state index in [2.05, 4.69) is 5.32 Å². The molecule has 0 aromatic heterocycles. The Hall–Kier alpha value is -1.88. The minimum atomic E-state index is -0.752. The minimum Gasteiger partial charge on any atom is -0.393 e. The topological polar surface area (TPSA) is 69.6 Å². The van der Waals surface area contributed by atoms with Crippen molar-refractivity contribution in [1.29, 1.82) is 0 Å². The van der Waals surface area contributed by atoms with Gasteiger partial charge in [0.15, 0.2) is 0 Å². The number of aliphatic hydroxyl groups is 1. The first-order chi connectivity index (χ1) is 8.09. The lowest BCUT2D eigenvalue weighted by molar-refractivity contribution is -0.126. The van der Waals surface area contributed by atoms with Crippen LogP contribution >= 0.6 is 0 Å². The highest BCUT2D eigenvalue weighted by Gasteiger charge is 2.29. The van der Waals surface area contributed by atoms with Crippen LogP contribution in [-0.4, -0.2) is 29.6 Å². The molecule has 1 aliphatic rings. The third-order valence-corrected chi connectivity index (χ3v) is 2.54. The second-order valence-electron chi connectivity index (χ2n) is 4.05. The number of hydrogen-bond donors (Lipinski definition) is 2. The van der Waals surface area contributed by atoms with Gasteiger partial charge >= 0.3 is 0 Å². The van der Waals surface area contributed by atoms with Crippen LogP contribution in [0.3, 0.4) is 0 Å². The molecule has 2 N–H and O–H groups in total. The molecule has 0 aliphatic carbocycles. The van der Waals surface area contributed by atoms with Gasteiger partial charge in [-0.2, -0.15) is 0 Å². The molecule has 2 rings (SSSR count). The van der Waals surface area contributed by atoms with Crippen LogP contribution in [-0.2, 0) is 9.59 Å². The number of hydrogen-bond acceptors (Lipinski definition) is 4. The molecule has 1 aliphatic heterocycles. The van der Waals surface area contributed by atoms with Crippen molar-refractivity contribution >= 4 is 23.2 Å². The van der Waals surface area contributed by atoms with Gasteiger partial charge in [0.05, 0.1) is 30.4 Å². The van der Waals surface area contributed by atoms with E-state index in [4.69, 9.17) is 0 Å². The largest absolute Gasteiger partial charge is 0.393 e. The summed E-state index contributed by atoms with van der Waals surface area (Å²) >= 11 is 0. The average molecular weight is 234 g/mol. The summed E-state index contributed by atoms with van der Waals surface area (Å²) in [5.74, 6) is -0.673. The van der Waals surface area contributed by atoms with Gasteiger partial charge < -0.3 is 10.4 Å². The summed E-state index contributed by atoms with van der Waals surface area (Å²) in [7, 11) is 0. The molecule has 5 nitrogen and oxygen atoms in total. The van der Waals surface area contributed by atoms with Crippen molar-refractivity contribution in [2.24, 2.45) is 0 Å². The maximum Gasteiger partial charge on any atom is 0.253 e. The Kier molecular flexibility index (Phi) is 3.10. The van der Waals surface area contributed by atoms with Crippen molar-refractivity contribution in [3.05, 3.63) is 24.3 Å². The molecular weight excluding hydrogens is 220 g/mol. The second-order valence-corrected chi connectivity index (χ2v) is 4.05. The maximum absolute atomic E-state index is 11.9. The fourth-order valence-electron chi connectivity index (χ4n) is 1.82. The smallest absolute Gasteiger partial charge is 0.253 e. The van der Waals surface area contributed by atoms with Crippen molar-refractivity contribution < 1.29 is 14.7 Å². The molecule has 5 heteroatoms. The van der Waals surface area contributed by atoms with Gasteiger partial charge in [0.25, 0.3) is 5.91 Å². The standard InChI is InChI=1S/C12H14N2O3/c1-8(15)6-11(16)14-10-5-3-2-4-9(10)13-7-12(14)17/h2-5,8,13,15H,6-7H2,1H3. The van der Waals surface area contributed by atoms with Crippen LogP contribution in [0, 0.1) is 0 Å². The number of fused-ring (bicyclic) bond motifs is 1. The lowest BCUT2D eigenvalue weighted by Crippen LogP contribution is -2.44. The summed E-state index contributed by atoms with van der Waals surface area (Å²) in [5, 5.41) is 12.2. The molecule has 0 saturated carbocycles. The number of carbonyl (C=O) groups is 2. The van der Waals surface area contributed by atoms with E-state index in [1.54, 1.807) is 12.1 Å². The highest BCUT2D eigenvalue weighted by Crippen LogP contribution is 2.29. The van der Waals surface area contributed by atoms with Crippen LogP contribution in [0.5, 0.6) is 0 Å². The number of amides is 2. The number of para-hydroxylation sites is 2. The Morgan fingerprint density at radius 3 is 2.94 bits per heavy atom. The van der Waals surface area contributed by atoms with E-state index < -0.39 is 6.10 Å². The van der Waals surface area contributed by atoms with Crippen LogP contribution in [0.15, 0.2) is 24.3 Å². The molecule has 90 valence electrons. The molecular formula is C12H14N2O3. The summed E-state index contributed by atoms with van der Waals surface area (Å²) in [4.78, 5) is 24.8. The summed E-state index contributed by atoms with van der Waals surface area (Å²) in [5.41, 5.74) is 1.31. The molecule has 0 fully saturated rings. The number of rotatable bonds is 2. The average Bonchev–Trinajstić information content (AvgIpc) is 2.27. The first-order valence-electron chi connectivity index (χ1n) is 5.46. The molecule has 1 atom stereocenters. The molecule has 17 heavy (non-hydrogen) atoms. The molecule has 1 heterocycles. The second kappa shape index (κ2) is 4.55. The minimum absolute atomic E-state index is 0.0555. The van der Waals surface area contributed by atoms with E-state index in [0.29, 0.717) is 5.69 Å². The van der Waals surface area contributed by atoms with E-state index in [1.165, 1.54) is 6.92 Å². The predicted octanol–water partition coefficient (Wildman–Crippen LogP) is 0.743. The Morgan fingerprint density at radius 1 is 1.53 bits per heavy atom. The number of carbonyl (C=O) groups excluding carboxylic acids is 2. The first-order valence-corrected chi connectivity index (χ1v) is 5.46. The molecule has 0 spiro atoms. The van der Waals surface area contributed by atoms with Crippen LogP contribution in [0.4, 0.5) is 11.4 Å². The monoisotopic (exact) mass is 234 g/mol. The van der Waals surface area contributed by atoms with Gasteiger partial charge in [-0.25, -0.2) is 4.90 Å². The fraction of sp³-hybridized carbons (Fsp3) is 0.333. The quantitative estimate of drug-likeness (QED) is 0.792. The number of nitrogens with one attached hydrogen (secondary N) is 1. The van der Waals surface area contributed by atoms with Crippen LogP contribution < -0.4 is 10.2 Å². The third kappa shape index (κ3) is 2.29. The number of imide groups is 1. The molecule has 2 amide bonds. The van der Waals surface area contributed by atoms with Gasteiger partial charge in [-0.05, 0) is 19.1 Å². The number of aliphatic hydroxyl groups excluding tert-OH is 1. The Bertz CT molecular complexity index is 457. The van der Waals surface area contributed by atoms with E-state index in [9.17, 15) is 14.7 Å². The van der Waals surface area contributed by atoms with Gasteiger partial charge in [-0.15, -0.1) is 0 Å². The molecule has 1 aromatic rings. The van der Waals surface area contributed by atoms with Gasteiger partial charge in [0.2, 0.25) is 5.91 Å². The SMILES string of the molecule is CC(O)CC(=O)N1C(=O)CNc2ccccc21. The number of anilines is 2. The van der Waals surface area contributed by atoms with Gasteiger partial charge in [-0.3, -0.25) is 9.59 Å². The van der Waals surface area contributed by atoms with E-state index >= 15 is 0 Å². The molecule has 0 bridgehead atoms. The van der Waals surface area contributed by atoms with Crippen molar-refractivity contribution in [3.63, 3.8) is 0 Å². The van der Waals surface area contributed by atoms with Crippen molar-refractivity contribution in [2.45, 2.75) is 19.4 Å². The van der Waals surface area contributed by atoms with E-state index in [0.717, 1.165) is 10.6 Å². The summed E-state index contributed by atoms with van der Waals surface area (Å²) in [6.07, 6.45) is -0.808. The van der Waals surface area contributed by atoms with E-state index in [-0.39, 0.29) is 24.8 Å². The zero-order chi connectivity index (χ0) is 12.4. The summed E-state index contributed by atoms with van der Waals surface area (Å²) < 4.78 is 0. The number of benzene rings is 1. The zero-order valence-corrected chi connectivity index (χ0v) is 9.51. The normalized spacial score (nSPS) is 16.1. The van der Waals surface area contributed by atoms with Gasteiger partial charge in [0, 0.05) is 0 Å². The maximum atomic E-state index is 11.9. The van der Waals surface area contributed by atoms with Gasteiger partial charge in [-0.1, -0.05) is 12.1 Å². The van der Waals surface area contributed by atoms with Gasteiger partial charge in [0.1, 0.15) is 0 Å². The predicted molar refractivity (Wildman–Crippen MR) is 63.7 cm³/mol. The molecule has 1 aromatic carbocycles. The van der Waals surface area contributed by atoms with Crippen molar-refractivity contribution in [2.75, 3.05) is 16.8 Å². The van der Waals surface area contributed by atoms with E-state index in [1.807, 2.05) is 12.1 Å². The Morgan fingerprint density at radius 2 is 2.24 bits per heavy atom. The highest BCUT2D eigenvalue weighted by molar-refractivity contribution is 6.19. The van der Waals surface area contributed by atoms with Crippen molar-refractivity contribution in [3.8, 4) is 0 Å². The van der Waals surface area contributed by atoms with Crippen LogP contribution in [0.2, 0.25) is 0 Å². The highest BCUT2D eigenvalue weighted by atomic mass is 16.3. The molecule has 0 radical (unpaired) electrons. The van der Waals surface area contributed by atoms with Crippen LogP contribution in [0.25, 0.3) is 0 Å². The fourth-order valence-corrected chi connectivity index (χ4v) is 1.82. The summed E-state index contributed by atoms with van der Waals surface area (Å²) in [6, 6.07) is 7.12. The lowest BCUT2D eigenvalue weighted by Gasteiger charge is -2.28. The third-order valence-electron chi connectivity index (χ3n) is 2.54. The Balaban J connectivity index is 2.33. The molecule has 0 saturated heterocycles. The van der Waals surface area contributed by atoms with Crippen LogP contribution in [0.1, 0.15) is 13.3 Å². The zero-order valence-electron chi connectivity index (χ0n) is 9.51. The summed E-state index contributed by atoms with van der Waals surface area (Å²) in [6.45, 7) is 1.62. The first kappa shape index (κ1) is 11.6. The molecule has 1 unspecified atom stereocenters. The van der Waals surface area contributed by atoms with Crippen molar-refractivity contribution in [1.82, 2.24) is 0 Å². The number of nitrogens with zero attached hydrogens (tertiary/aromatic N) is 1.